The molecular formula is C21H31IN4O2. The number of nitrogens with zero attached hydrogens (tertiary/aromatic N) is 3. The minimum atomic E-state index is -0.0929. The molecule has 0 spiro atoms. The third-order valence-corrected chi connectivity index (χ3v) is 5.12. The van der Waals surface area contributed by atoms with Gasteiger partial charge in [-0.3, -0.25) is 9.79 Å². The third-order valence-electron chi connectivity index (χ3n) is 5.12. The van der Waals surface area contributed by atoms with E-state index in [4.69, 9.17) is 4.74 Å². The topological polar surface area (TPSA) is 57.2 Å². The van der Waals surface area contributed by atoms with Crippen molar-refractivity contribution in [3.8, 4) is 0 Å². The Morgan fingerprint density at radius 2 is 1.96 bits per heavy atom. The minimum Gasteiger partial charge on any atom is -0.466 e. The predicted octanol–water partition coefficient (Wildman–Crippen LogP) is 3.03. The lowest BCUT2D eigenvalue weighted by molar-refractivity contribution is -0.149. The molecule has 0 amide bonds. The molecule has 0 bridgehead atoms. The Kier molecular flexibility index (Phi) is 9.08. The van der Waals surface area contributed by atoms with Crippen LogP contribution in [-0.2, 0) is 16.1 Å². The number of likely N-dealkylation sites (tertiary alicyclic amines) is 1. The van der Waals surface area contributed by atoms with Gasteiger partial charge < -0.3 is 19.9 Å². The van der Waals surface area contributed by atoms with Gasteiger partial charge in [0.15, 0.2) is 5.96 Å². The van der Waals surface area contributed by atoms with Gasteiger partial charge in [0.25, 0.3) is 0 Å². The van der Waals surface area contributed by atoms with Gasteiger partial charge in [-0.2, -0.15) is 0 Å². The van der Waals surface area contributed by atoms with E-state index in [1.54, 1.807) is 7.05 Å². The summed E-state index contributed by atoms with van der Waals surface area (Å²) >= 11 is 0. The van der Waals surface area contributed by atoms with Gasteiger partial charge >= 0.3 is 5.97 Å². The number of esters is 1. The van der Waals surface area contributed by atoms with E-state index in [2.05, 4.69) is 56.5 Å². The van der Waals surface area contributed by atoms with Gasteiger partial charge in [-0.05, 0) is 37.5 Å². The van der Waals surface area contributed by atoms with Crippen molar-refractivity contribution >= 4 is 41.6 Å². The van der Waals surface area contributed by atoms with E-state index >= 15 is 0 Å². The molecule has 0 radical (unpaired) electrons. The molecule has 6 nitrogen and oxygen atoms in total. The molecule has 1 aromatic carbocycles. The molecule has 154 valence electrons. The summed E-state index contributed by atoms with van der Waals surface area (Å²) in [5.74, 6) is 0.687. The number of ether oxygens (including phenoxy) is 1. The molecule has 7 heteroatoms. The smallest absolute Gasteiger partial charge is 0.310 e. The van der Waals surface area contributed by atoms with E-state index < -0.39 is 0 Å². The largest absolute Gasteiger partial charge is 0.466 e. The highest BCUT2D eigenvalue weighted by Crippen LogP contribution is 2.19. The number of halogens is 1. The van der Waals surface area contributed by atoms with Crippen LogP contribution in [0.1, 0.15) is 25.3 Å². The summed E-state index contributed by atoms with van der Waals surface area (Å²) in [4.78, 5) is 21.0. The van der Waals surface area contributed by atoms with Crippen LogP contribution in [0.5, 0.6) is 0 Å². The maximum absolute atomic E-state index is 12.1. The van der Waals surface area contributed by atoms with Crippen molar-refractivity contribution in [3.63, 3.8) is 0 Å². The maximum atomic E-state index is 12.1. The number of benzene rings is 1. The highest BCUT2D eigenvalue weighted by atomic mass is 127. The Hall–Kier alpha value is -1.77. The highest BCUT2D eigenvalue weighted by molar-refractivity contribution is 14.0. The van der Waals surface area contributed by atoms with Gasteiger partial charge in [-0.15, -0.1) is 24.0 Å². The first-order chi connectivity index (χ1) is 13.2. The van der Waals surface area contributed by atoms with Gasteiger partial charge in [0.2, 0.25) is 0 Å². The highest BCUT2D eigenvalue weighted by Gasteiger charge is 2.28. The van der Waals surface area contributed by atoms with Crippen molar-refractivity contribution in [2.45, 2.75) is 26.3 Å². The zero-order chi connectivity index (χ0) is 19.1. The molecule has 0 aromatic heterocycles. The Balaban J connectivity index is 0.00000280. The van der Waals surface area contributed by atoms with Gasteiger partial charge in [0.05, 0.1) is 12.5 Å². The minimum absolute atomic E-state index is 0. The Morgan fingerprint density at radius 3 is 2.61 bits per heavy atom. The molecule has 0 aliphatic carbocycles. The van der Waals surface area contributed by atoms with Crippen molar-refractivity contribution in [1.29, 1.82) is 0 Å². The van der Waals surface area contributed by atoms with E-state index in [-0.39, 0.29) is 35.9 Å². The standard InChI is InChI=1S/C21H30N4O2.HI/c1-3-27-20(26)18-7-6-14-25(16-18)21(22-2)23-15-17-8-10-19(11-9-17)24-12-4-5-13-24;/h4-5,8-11,18H,3,6-7,12-16H2,1-2H3,(H,22,23);1H. The molecule has 0 saturated carbocycles. The lowest BCUT2D eigenvalue weighted by Gasteiger charge is -2.34. The summed E-state index contributed by atoms with van der Waals surface area (Å²) in [5.41, 5.74) is 2.47. The summed E-state index contributed by atoms with van der Waals surface area (Å²) in [5, 5.41) is 3.43. The fraction of sp³-hybridized carbons (Fsp3) is 0.524. The van der Waals surface area contributed by atoms with Gasteiger partial charge in [0.1, 0.15) is 0 Å². The van der Waals surface area contributed by atoms with Crippen LogP contribution in [-0.4, -0.2) is 56.7 Å². The predicted molar refractivity (Wildman–Crippen MR) is 124 cm³/mol. The van der Waals surface area contributed by atoms with Crippen LogP contribution in [0.25, 0.3) is 0 Å². The Bertz CT molecular complexity index is 682. The van der Waals surface area contributed by atoms with Crippen LogP contribution in [0.4, 0.5) is 5.69 Å². The molecule has 1 aromatic rings. The van der Waals surface area contributed by atoms with E-state index in [1.165, 1.54) is 11.3 Å². The quantitative estimate of drug-likeness (QED) is 0.223. The normalized spacial score (nSPS) is 19.4. The molecule has 2 aliphatic rings. The molecule has 3 rings (SSSR count). The van der Waals surface area contributed by atoms with Crippen LogP contribution >= 0.6 is 24.0 Å². The number of nitrogens with one attached hydrogen (secondary N) is 1. The number of guanidine groups is 1. The van der Waals surface area contributed by atoms with E-state index in [1.807, 2.05) is 6.92 Å². The van der Waals surface area contributed by atoms with Crippen molar-refractivity contribution in [3.05, 3.63) is 42.0 Å². The number of piperidine rings is 1. The zero-order valence-electron chi connectivity index (χ0n) is 16.8. The Morgan fingerprint density at radius 1 is 1.25 bits per heavy atom. The molecule has 1 fully saturated rings. The number of hydrogen-bond donors (Lipinski definition) is 1. The van der Waals surface area contributed by atoms with Crippen LogP contribution in [0.2, 0.25) is 0 Å². The third kappa shape index (κ3) is 5.86. The molecular weight excluding hydrogens is 467 g/mol. The number of rotatable bonds is 5. The maximum Gasteiger partial charge on any atom is 0.310 e. The molecule has 1 unspecified atom stereocenters. The summed E-state index contributed by atoms with van der Waals surface area (Å²) in [6.45, 7) is 6.56. The number of carbonyl (C=O) groups is 1. The van der Waals surface area contributed by atoms with Crippen molar-refractivity contribution in [2.75, 3.05) is 44.7 Å². The average Bonchev–Trinajstić information content (AvgIpc) is 3.24. The summed E-state index contributed by atoms with van der Waals surface area (Å²) in [6.07, 6.45) is 6.26. The van der Waals surface area contributed by atoms with E-state index in [0.717, 1.165) is 38.4 Å². The van der Waals surface area contributed by atoms with Crippen LogP contribution in [0, 0.1) is 5.92 Å². The molecule has 1 saturated heterocycles. The summed E-state index contributed by atoms with van der Waals surface area (Å²) < 4.78 is 5.19. The Labute approximate surface area is 185 Å². The van der Waals surface area contributed by atoms with Gasteiger partial charge in [-0.1, -0.05) is 24.3 Å². The number of aliphatic imine (C=N–C) groups is 1. The van der Waals surface area contributed by atoms with Gasteiger partial charge in [-0.25, -0.2) is 0 Å². The number of carbonyl (C=O) groups excluding carboxylic acids is 1. The lowest BCUT2D eigenvalue weighted by atomic mass is 9.98. The second-order valence-corrected chi connectivity index (χ2v) is 6.98. The molecule has 1 atom stereocenters. The van der Waals surface area contributed by atoms with Crippen LogP contribution < -0.4 is 10.2 Å². The fourth-order valence-corrected chi connectivity index (χ4v) is 3.65. The molecule has 1 N–H and O–H groups in total. The van der Waals surface area contributed by atoms with Gasteiger partial charge in [0, 0.05) is 45.5 Å². The molecule has 28 heavy (non-hydrogen) atoms. The lowest BCUT2D eigenvalue weighted by Crippen LogP contribution is -2.48. The summed E-state index contributed by atoms with van der Waals surface area (Å²) in [7, 11) is 1.79. The van der Waals surface area contributed by atoms with Crippen LogP contribution in [0.15, 0.2) is 41.4 Å². The van der Waals surface area contributed by atoms with Crippen molar-refractivity contribution in [1.82, 2.24) is 10.2 Å². The first-order valence-electron chi connectivity index (χ1n) is 9.82. The average molecular weight is 498 g/mol. The molecule has 2 aliphatic heterocycles. The second-order valence-electron chi connectivity index (χ2n) is 6.98. The molecule has 2 heterocycles. The zero-order valence-corrected chi connectivity index (χ0v) is 19.1. The van der Waals surface area contributed by atoms with E-state index in [0.29, 0.717) is 19.7 Å². The monoisotopic (exact) mass is 498 g/mol. The number of anilines is 1. The van der Waals surface area contributed by atoms with Crippen LogP contribution in [0.3, 0.4) is 0 Å². The summed E-state index contributed by atoms with van der Waals surface area (Å²) in [6, 6.07) is 8.66. The number of hydrogen-bond acceptors (Lipinski definition) is 4. The van der Waals surface area contributed by atoms with E-state index in [9.17, 15) is 4.79 Å². The first-order valence-corrected chi connectivity index (χ1v) is 9.82. The second kappa shape index (κ2) is 11.3. The van der Waals surface area contributed by atoms with Crippen molar-refractivity contribution in [2.24, 2.45) is 10.9 Å². The SMILES string of the molecule is CCOC(=O)C1CCCN(C(=NC)NCc2ccc(N3CC=CC3)cc2)C1.I. The fourth-order valence-electron chi connectivity index (χ4n) is 3.65. The van der Waals surface area contributed by atoms with Crippen molar-refractivity contribution < 1.29 is 9.53 Å². The first kappa shape index (κ1) is 22.5.